The second kappa shape index (κ2) is 8.10. The molecule has 1 rings (SSSR count). The van der Waals surface area contributed by atoms with E-state index in [4.69, 9.17) is 5.73 Å². The van der Waals surface area contributed by atoms with Gasteiger partial charge in [-0.2, -0.15) is 0 Å². The third kappa shape index (κ3) is 6.42. The first-order valence-electron chi connectivity index (χ1n) is 7.59. The quantitative estimate of drug-likeness (QED) is 0.740. The Hall–Kier alpha value is -0.0800. The molecule has 0 amide bonds. The minimum absolute atomic E-state index is 0.377. The number of hydrogen-bond acceptors (Lipinski definition) is 2. The van der Waals surface area contributed by atoms with E-state index in [-0.39, 0.29) is 0 Å². The van der Waals surface area contributed by atoms with Crippen molar-refractivity contribution < 1.29 is 0 Å². The molecule has 0 bridgehead atoms. The van der Waals surface area contributed by atoms with Crippen molar-refractivity contribution in [3.05, 3.63) is 0 Å². The van der Waals surface area contributed by atoms with E-state index in [0.717, 1.165) is 11.8 Å². The molecule has 2 nitrogen and oxygen atoms in total. The molecule has 17 heavy (non-hydrogen) atoms. The van der Waals surface area contributed by atoms with Crippen LogP contribution >= 0.6 is 0 Å². The summed E-state index contributed by atoms with van der Waals surface area (Å²) in [6.07, 6.45) is 8.03. The Balaban J connectivity index is 2.08. The number of nitrogens with zero attached hydrogens (tertiary/aromatic N) is 1. The maximum atomic E-state index is 5.78. The van der Waals surface area contributed by atoms with E-state index in [1.807, 2.05) is 0 Å². The number of nitrogens with two attached hydrogens (primary N) is 1. The van der Waals surface area contributed by atoms with Gasteiger partial charge in [-0.1, -0.05) is 26.7 Å². The molecule has 0 aromatic rings. The Bertz CT molecular complexity index is 183. The molecule has 0 aromatic heterocycles. The molecule has 0 saturated carbocycles. The number of piperidine rings is 1. The monoisotopic (exact) mass is 240 g/mol. The summed E-state index contributed by atoms with van der Waals surface area (Å²) in [6.45, 7) is 10.8. The lowest BCUT2D eigenvalue weighted by Gasteiger charge is -2.33. The van der Waals surface area contributed by atoms with Crippen molar-refractivity contribution in [2.75, 3.05) is 19.6 Å². The first kappa shape index (κ1) is 15.0. The van der Waals surface area contributed by atoms with Gasteiger partial charge in [-0.25, -0.2) is 0 Å². The third-order valence-electron chi connectivity index (χ3n) is 4.21. The second-order valence-electron chi connectivity index (χ2n) is 6.17. The topological polar surface area (TPSA) is 29.3 Å². The Morgan fingerprint density at radius 3 is 2.35 bits per heavy atom. The fraction of sp³-hybridized carbons (Fsp3) is 1.00. The van der Waals surface area contributed by atoms with Crippen molar-refractivity contribution in [3.8, 4) is 0 Å². The first-order chi connectivity index (χ1) is 8.11. The molecule has 1 aliphatic heterocycles. The van der Waals surface area contributed by atoms with Crippen LogP contribution in [0.15, 0.2) is 0 Å². The van der Waals surface area contributed by atoms with E-state index in [1.54, 1.807) is 0 Å². The van der Waals surface area contributed by atoms with E-state index < -0.39 is 0 Å². The fourth-order valence-corrected chi connectivity index (χ4v) is 2.90. The minimum Gasteiger partial charge on any atom is -0.328 e. The average Bonchev–Trinajstić information content (AvgIpc) is 2.29. The van der Waals surface area contributed by atoms with Crippen molar-refractivity contribution in [3.63, 3.8) is 0 Å². The smallest absolute Gasteiger partial charge is 0.00104 e. The molecule has 2 N–H and O–H groups in total. The molecule has 1 aliphatic rings. The average molecular weight is 240 g/mol. The van der Waals surface area contributed by atoms with E-state index in [1.165, 1.54) is 58.2 Å². The zero-order valence-corrected chi connectivity index (χ0v) is 12.1. The van der Waals surface area contributed by atoms with Crippen LogP contribution in [0.3, 0.4) is 0 Å². The largest absolute Gasteiger partial charge is 0.328 e. The third-order valence-corrected chi connectivity index (χ3v) is 4.21. The molecule has 0 spiro atoms. The van der Waals surface area contributed by atoms with E-state index >= 15 is 0 Å². The molecule has 1 fully saturated rings. The van der Waals surface area contributed by atoms with Crippen LogP contribution in [0.5, 0.6) is 0 Å². The molecule has 2 unspecified atom stereocenters. The van der Waals surface area contributed by atoms with Crippen LogP contribution in [0.2, 0.25) is 0 Å². The molecular weight excluding hydrogens is 208 g/mol. The molecule has 0 aliphatic carbocycles. The first-order valence-corrected chi connectivity index (χ1v) is 7.59. The van der Waals surface area contributed by atoms with Crippen LogP contribution in [0, 0.1) is 11.8 Å². The van der Waals surface area contributed by atoms with Gasteiger partial charge in [0.05, 0.1) is 0 Å². The number of hydrogen-bond donors (Lipinski definition) is 1. The number of rotatable bonds is 7. The van der Waals surface area contributed by atoms with Gasteiger partial charge in [0.2, 0.25) is 0 Å². The van der Waals surface area contributed by atoms with Crippen LogP contribution < -0.4 is 5.73 Å². The SMILES string of the molecule is CCC1CCN(CC(C)CCCC(C)N)CC1. The standard InChI is InChI=1S/C15H32N2/c1-4-15-8-10-17(11-9-15)12-13(2)6-5-7-14(3)16/h13-15H,4-12,16H2,1-3H3. The van der Waals surface area contributed by atoms with Gasteiger partial charge in [-0.3, -0.25) is 0 Å². The summed E-state index contributed by atoms with van der Waals surface area (Å²) in [7, 11) is 0. The lowest BCUT2D eigenvalue weighted by Crippen LogP contribution is -2.36. The summed E-state index contributed by atoms with van der Waals surface area (Å²) in [5.41, 5.74) is 5.78. The number of likely N-dealkylation sites (tertiary alicyclic amines) is 1. The lowest BCUT2D eigenvalue weighted by atomic mass is 9.93. The Morgan fingerprint density at radius 2 is 1.82 bits per heavy atom. The Kier molecular flexibility index (Phi) is 7.14. The van der Waals surface area contributed by atoms with Crippen molar-refractivity contribution in [1.82, 2.24) is 4.90 Å². The maximum absolute atomic E-state index is 5.78. The fourth-order valence-electron chi connectivity index (χ4n) is 2.90. The molecule has 1 saturated heterocycles. The molecule has 2 atom stereocenters. The van der Waals surface area contributed by atoms with Gasteiger partial charge in [0, 0.05) is 12.6 Å². The summed E-state index contributed by atoms with van der Waals surface area (Å²) < 4.78 is 0. The minimum atomic E-state index is 0.377. The summed E-state index contributed by atoms with van der Waals surface area (Å²) in [5, 5.41) is 0. The van der Waals surface area contributed by atoms with Gasteiger partial charge in [0.1, 0.15) is 0 Å². The summed E-state index contributed by atoms with van der Waals surface area (Å²) in [4.78, 5) is 2.67. The maximum Gasteiger partial charge on any atom is 0.00104 e. The van der Waals surface area contributed by atoms with E-state index in [9.17, 15) is 0 Å². The molecule has 1 heterocycles. The van der Waals surface area contributed by atoms with Crippen LogP contribution in [-0.4, -0.2) is 30.6 Å². The predicted octanol–water partition coefficient (Wildman–Crippen LogP) is 3.26. The van der Waals surface area contributed by atoms with Gasteiger partial charge in [0.25, 0.3) is 0 Å². The lowest BCUT2D eigenvalue weighted by molar-refractivity contribution is 0.158. The van der Waals surface area contributed by atoms with Crippen molar-refractivity contribution in [2.24, 2.45) is 17.6 Å². The summed E-state index contributed by atoms with van der Waals surface area (Å²) >= 11 is 0. The molecule has 0 radical (unpaired) electrons. The van der Waals surface area contributed by atoms with E-state index in [0.29, 0.717) is 6.04 Å². The highest BCUT2D eigenvalue weighted by Gasteiger charge is 2.18. The van der Waals surface area contributed by atoms with Gasteiger partial charge < -0.3 is 10.6 Å². The van der Waals surface area contributed by atoms with E-state index in [2.05, 4.69) is 25.7 Å². The van der Waals surface area contributed by atoms with Crippen molar-refractivity contribution >= 4 is 0 Å². The molecule has 0 aromatic carbocycles. The zero-order chi connectivity index (χ0) is 12.7. The summed E-state index contributed by atoms with van der Waals surface area (Å²) in [6, 6.07) is 0.377. The molecule has 2 heteroatoms. The van der Waals surface area contributed by atoms with Crippen LogP contribution in [0.4, 0.5) is 0 Å². The zero-order valence-electron chi connectivity index (χ0n) is 12.1. The summed E-state index contributed by atoms with van der Waals surface area (Å²) in [5.74, 6) is 1.84. The van der Waals surface area contributed by atoms with Crippen LogP contribution in [0.25, 0.3) is 0 Å². The highest BCUT2D eigenvalue weighted by molar-refractivity contribution is 4.73. The van der Waals surface area contributed by atoms with Crippen molar-refractivity contribution in [2.45, 2.75) is 65.3 Å². The van der Waals surface area contributed by atoms with Gasteiger partial charge in [0.15, 0.2) is 0 Å². The highest BCUT2D eigenvalue weighted by Crippen LogP contribution is 2.21. The predicted molar refractivity (Wildman–Crippen MR) is 76.1 cm³/mol. The molecular formula is C15H32N2. The normalized spacial score (nSPS) is 22.6. The van der Waals surface area contributed by atoms with Gasteiger partial charge >= 0.3 is 0 Å². The Morgan fingerprint density at radius 1 is 1.18 bits per heavy atom. The van der Waals surface area contributed by atoms with Crippen molar-refractivity contribution in [1.29, 1.82) is 0 Å². The highest BCUT2D eigenvalue weighted by atomic mass is 15.1. The van der Waals surface area contributed by atoms with Crippen LogP contribution in [-0.2, 0) is 0 Å². The Labute approximate surface area is 108 Å². The second-order valence-corrected chi connectivity index (χ2v) is 6.17. The van der Waals surface area contributed by atoms with Gasteiger partial charge in [-0.15, -0.1) is 0 Å². The molecule has 102 valence electrons. The van der Waals surface area contributed by atoms with Gasteiger partial charge in [-0.05, 0) is 57.5 Å². The van der Waals surface area contributed by atoms with Crippen LogP contribution in [0.1, 0.15) is 59.3 Å².